The second kappa shape index (κ2) is 6.46. The summed E-state index contributed by atoms with van der Waals surface area (Å²) < 4.78 is 30.3. The molecule has 7 heteroatoms. The molecule has 1 rings (SSSR count). The van der Waals surface area contributed by atoms with Gasteiger partial charge in [-0.3, -0.25) is 4.79 Å². The molecule has 1 fully saturated rings. The second-order valence-corrected chi connectivity index (χ2v) is 6.70. The highest BCUT2D eigenvalue weighted by molar-refractivity contribution is 7.99. The van der Waals surface area contributed by atoms with E-state index in [-0.39, 0.29) is 24.2 Å². The highest BCUT2D eigenvalue weighted by Crippen LogP contribution is 2.17. The molecule has 1 unspecified atom stereocenters. The molecule has 94 valence electrons. The summed E-state index contributed by atoms with van der Waals surface area (Å²) in [5.41, 5.74) is 0. The van der Waals surface area contributed by atoms with Gasteiger partial charge in [0.05, 0.1) is 12.9 Å². The number of hydrogen-bond acceptors (Lipinski definition) is 5. The maximum atomic E-state index is 11.6. The van der Waals surface area contributed by atoms with E-state index in [9.17, 15) is 13.2 Å². The van der Waals surface area contributed by atoms with Crippen molar-refractivity contribution >= 4 is 27.8 Å². The normalized spacial score (nSPS) is 20.9. The minimum absolute atomic E-state index is 0.0106. The quantitative estimate of drug-likeness (QED) is 0.704. The Morgan fingerprint density at radius 2 is 2.31 bits per heavy atom. The molecule has 1 N–H and O–H groups in total. The fraction of sp³-hybridized carbons (Fsp3) is 0.889. The zero-order valence-corrected chi connectivity index (χ0v) is 10.9. The SMILES string of the molecule is COC(=O)CCCS(=O)(=O)NC1CCSC1. The fourth-order valence-corrected chi connectivity index (χ4v) is 4.06. The molecular weight excluding hydrogens is 250 g/mol. The van der Waals surface area contributed by atoms with Crippen molar-refractivity contribution < 1.29 is 17.9 Å². The van der Waals surface area contributed by atoms with Crippen molar-refractivity contribution in [1.82, 2.24) is 4.72 Å². The number of nitrogens with one attached hydrogen (secondary N) is 1. The molecule has 0 aromatic rings. The van der Waals surface area contributed by atoms with E-state index in [1.807, 2.05) is 0 Å². The molecule has 1 aliphatic heterocycles. The van der Waals surface area contributed by atoms with Crippen molar-refractivity contribution in [2.45, 2.75) is 25.3 Å². The molecule has 0 bridgehead atoms. The fourth-order valence-electron chi connectivity index (χ4n) is 1.45. The van der Waals surface area contributed by atoms with Crippen molar-refractivity contribution in [2.75, 3.05) is 24.4 Å². The first-order valence-electron chi connectivity index (χ1n) is 5.18. The number of ether oxygens (including phenoxy) is 1. The third-order valence-electron chi connectivity index (χ3n) is 2.30. The predicted molar refractivity (Wildman–Crippen MR) is 63.9 cm³/mol. The molecule has 0 spiro atoms. The molecule has 0 aliphatic carbocycles. The van der Waals surface area contributed by atoms with Crippen molar-refractivity contribution in [3.05, 3.63) is 0 Å². The van der Waals surface area contributed by atoms with Crippen molar-refractivity contribution in [2.24, 2.45) is 0 Å². The first kappa shape index (κ1) is 13.8. The number of carbonyl (C=O) groups is 1. The van der Waals surface area contributed by atoms with Gasteiger partial charge in [-0.2, -0.15) is 11.8 Å². The number of carbonyl (C=O) groups excluding carboxylic acids is 1. The first-order chi connectivity index (χ1) is 7.53. The van der Waals surface area contributed by atoms with Crippen LogP contribution in [-0.4, -0.2) is 44.8 Å². The maximum absolute atomic E-state index is 11.6. The van der Waals surface area contributed by atoms with Crippen LogP contribution in [0.25, 0.3) is 0 Å². The monoisotopic (exact) mass is 267 g/mol. The van der Waals surface area contributed by atoms with E-state index >= 15 is 0 Å². The van der Waals surface area contributed by atoms with Gasteiger partial charge >= 0.3 is 5.97 Å². The van der Waals surface area contributed by atoms with E-state index in [0.29, 0.717) is 6.42 Å². The molecule has 16 heavy (non-hydrogen) atoms. The van der Waals surface area contributed by atoms with E-state index in [0.717, 1.165) is 17.9 Å². The van der Waals surface area contributed by atoms with Crippen LogP contribution in [0.2, 0.25) is 0 Å². The summed E-state index contributed by atoms with van der Waals surface area (Å²) in [5, 5.41) is 0. The van der Waals surface area contributed by atoms with Crippen LogP contribution in [0.5, 0.6) is 0 Å². The van der Waals surface area contributed by atoms with E-state index < -0.39 is 10.0 Å². The number of rotatable bonds is 6. The zero-order chi connectivity index (χ0) is 12.0. The first-order valence-corrected chi connectivity index (χ1v) is 7.99. The Hall–Kier alpha value is -0.270. The molecule has 1 aliphatic rings. The van der Waals surface area contributed by atoms with Crippen LogP contribution >= 0.6 is 11.8 Å². The van der Waals surface area contributed by atoms with Crippen molar-refractivity contribution in [3.63, 3.8) is 0 Å². The summed E-state index contributed by atoms with van der Waals surface area (Å²) in [6, 6.07) is 0.0631. The minimum atomic E-state index is -3.24. The van der Waals surface area contributed by atoms with Crippen LogP contribution in [0.4, 0.5) is 0 Å². The van der Waals surface area contributed by atoms with Crippen LogP contribution in [0, 0.1) is 0 Å². The van der Waals surface area contributed by atoms with Gasteiger partial charge in [-0.25, -0.2) is 13.1 Å². The Morgan fingerprint density at radius 1 is 1.56 bits per heavy atom. The Kier molecular flexibility index (Phi) is 5.57. The average Bonchev–Trinajstić information content (AvgIpc) is 2.69. The van der Waals surface area contributed by atoms with Crippen molar-refractivity contribution in [3.8, 4) is 0 Å². The Morgan fingerprint density at radius 3 is 2.88 bits per heavy atom. The molecule has 1 heterocycles. The summed E-state index contributed by atoms with van der Waals surface area (Å²) in [4.78, 5) is 10.8. The van der Waals surface area contributed by atoms with E-state index in [4.69, 9.17) is 0 Å². The molecule has 0 aromatic carbocycles. The lowest BCUT2D eigenvalue weighted by Crippen LogP contribution is -2.36. The van der Waals surface area contributed by atoms with Gasteiger partial charge in [0.15, 0.2) is 0 Å². The Bertz CT molecular complexity index is 322. The third-order valence-corrected chi connectivity index (χ3v) is 4.98. The Labute approximate surface area is 100 Å². The average molecular weight is 267 g/mol. The highest BCUT2D eigenvalue weighted by atomic mass is 32.2. The van der Waals surface area contributed by atoms with Gasteiger partial charge in [-0.05, 0) is 18.6 Å². The third kappa shape index (κ3) is 5.18. The van der Waals surface area contributed by atoms with E-state index in [2.05, 4.69) is 9.46 Å². The lowest BCUT2D eigenvalue weighted by atomic mass is 10.3. The predicted octanol–water partition coefficient (Wildman–Crippen LogP) is 0.365. The van der Waals surface area contributed by atoms with Crippen LogP contribution in [0.15, 0.2) is 0 Å². The molecule has 1 atom stereocenters. The molecular formula is C9H17NO4S2. The van der Waals surface area contributed by atoms with Gasteiger partial charge < -0.3 is 4.74 Å². The summed E-state index contributed by atoms with van der Waals surface area (Å²) in [6.45, 7) is 0. The highest BCUT2D eigenvalue weighted by Gasteiger charge is 2.21. The number of hydrogen-bond donors (Lipinski definition) is 1. The van der Waals surface area contributed by atoms with Gasteiger partial charge in [0.25, 0.3) is 0 Å². The molecule has 1 saturated heterocycles. The number of thioether (sulfide) groups is 1. The lowest BCUT2D eigenvalue weighted by molar-refractivity contribution is -0.140. The largest absolute Gasteiger partial charge is 0.469 e. The van der Waals surface area contributed by atoms with Gasteiger partial charge in [-0.15, -0.1) is 0 Å². The second-order valence-electron chi connectivity index (χ2n) is 3.68. The zero-order valence-electron chi connectivity index (χ0n) is 9.27. The Balaban J connectivity index is 2.25. The van der Waals surface area contributed by atoms with Gasteiger partial charge in [-0.1, -0.05) is 0 Å². The molecule has 0 radical (unpaired) electrons. The number of sulfonamides is 1. The van der Waals surface area contributed by atoms with Crippen LogP contribution in [-0.2, 0) is 19.6 Å². The maximum Gasteiger partial charge on any atom is 0.305 e. The van der Waals surface area contributed by atoms with Crippen LogP contribution in [0.3, 0.4) is 0 Å². The molecule has 0 saturated carbocycles. The van der Waals surface area contributed by atoms with Crippen LogP contribution in [0.1, 0.15) is 19.3 Å². The lowest BCUT2D eigenvalue weighted by Gasteiger charge is -2.11. The number of esters is 1. The summed E-state index contributed by atoms with van der Waals surface area (Å²) in [6.07, 6.45) is 1.35. The molecule has 5 nitrogen and oxygen atoms in total. The summed E-state index contributed by atoms with van der Waals surface area (Å²) >= 11 is 1.75. The van der Waals surface area contributed by atoms with Crippen LogP contribution < -0.4 is 4.72 Å². The van der Waals surface area contributed by atoms with Crippen molar-refractivity contribution in [1.29, 1.82) is 0 Å². The van der Waals surface area contributed by atoms with E-state index in [1.165, 1.54) is 7.11 Å². The minimum Gasteiger partial charge on any atom is -0.469 e. The molecule has 0 amide bonds. The van der Waals surface area contributed by atoms with Gasteiger partial charge in [0.1, 0.15) is 0 Å². The standard InChI is InChI=1S/C9H17NO4S2/c1-14-9(11)3-2-6-16(12,13)10-8-4-5-15-7-8/h8,10H,2-7H2,1H3. The number of methoxy groups -OCH3 is 1. The van der Waals surface area contributed by atoms with Gasteiger partial charge in [0.2, 0.25) is 10.0 Å². The summed E-state index contributed by atoms with van der Waals surface area (Å²) in [5.74, 6) is 1.47. The summed E-state index contributed by atoms with van der Waals surface area (Å²) in [7, 11) is -1.94. The van der Waals surface area contributed by atoms with E-state index in [1.54, 1.807) is 11.8 Å². The molecule has 0 aromatic heterocycles. The smallest absolute Gasteiger partial charge is 0.305 e. The topological polar surface area (TPSA) is 72.5 Å². The van der Waals surface area contributed by atoms with Gasteiger partial charge in [0, 0.05) is 18.2 Å².